The van der Waals surface area contributed by atoms with E-state index in [4.69, 9.17) is 5.26 Å². The zero-order valence-electron chi connectivity index (χ0n) is 9.39. The van der Waals surface area contributed by atoms with Gasteiger partial charge in [-0.2, -0.15) is 5.26 Å². The maximum absolute atomic E-state index is 11.3. The fraction of sp³-hybridized carbons (Fsp3) is 0.778. The standard InChI is InChI=1S/C9H16N2O4S/c1-3-15-9(12)4-5-16(13,14)11-7-8(2)6-10/h8,11H,3-5,7H2,1-2H3. The summed E-state index contributed by atoms with van der Waals surface area (Å²) in [5.74, 6) is -1.25. The summed E-state index contributed by atoms with van der Waals surface area (Å²) in [4.78, 5) is 10.9. The number of rotatable bonds is 7. The smallest absolute Gasteiger partial charge is 0.306 e. The topological polar surface area (TPSA) is 96.3 Å². The maximum Gasteiger partial charge on any atom is 0.306 e. The largest absolute Gasteiger partial charge is 0.466 e. The lowest BCUT2D eigenvalue weighted by molar-refractivity contribution is -0.142. The molecule has 16 heavy (non-hydrogen) atoms. The van der Waals surface area contributed by atoms with E-state index in [0.29, 0.717) is 0 Å². The fourth-order valence-corrected chi connectivity index (χ4v) is 1.90. The zero-order valence-corrected chi connectivity index (χ0v) is 10.2. The van der Waals surface area contributed by atoms with Gasteiger partial charge >= 0.3 is 5.97 Å². The summed E-state index contributed by atoms with van der Waals surface area (Å²) in [6.45, 7) is 3.55. The van der Waals surface area contributed by atoms with Crippen molar-refractivity contribution in [2.24, 2.45) is 5.92 Å². The number of hydrogen-bond donors (Lipinski definition) is 1. The molecule has 1 atom stereocenters. The Morgan fingerprint density at radius 1 is 1.56 bits per heavy atom. The van der Waals surface area contributed by atoms with Gasteiger partial charge in [0.2, 0.25) is 10.0 Å². The second-order valence-corrected chi connectivity index (χ2v) is 5.18. The van der Waals surface area contributed by atoms with Gasteiger partial charge < -0.3 is 4.74 Å². The molecule has 6 nitrogen and oxygen atoms in total. The SMILES string of the molecule is CCOC(=O)CCS(=O)(=O)NCC(C)C#N. The minimum Gasteiger partial charge on any atom is -0.466 e. The van der Waals surface area contributed by atoms with Gasteiger partial charge in [0.05, 0.1) is 30.8 Å². The Morgan fingerprint density at radius 2 is 2.19 bits per heavy atom. The van der Waals surface area contributed by atoms with Crippen LogP contribution in [0.15, 0.2) is 0 Å². The van der Waals surface area contributed by atoms with Gasteiger partial charge in [-0.05, 0) is 13.8 Å². The van der Waals surface area contributed by atoms with Crippen molar-refractivity contribution in [1.29, 1.82) is 5.26 Å². The van der Waals surface area contributed by atoms with Crippen molar-refractivity contribution in [2.75, 3.05) is 18.9 Å². The lowest BCUT2D eigenvalue weighted by Gasteiger charge is -2.07. The number of nitriles is 1. The molecule has 0 saturated heterocycles. The summed E-state index contributed by atoms with van der Waals surface area (Å²) in [6.07, 6.45) is -0.176. The lowest BCUT2D eigenvalue weighted by Crippen LogP contribution is -2.31. The first-order valence-corrected chi connectivity index (χ1v) is 6.59. The number of nitrogens with zero attached hydrogens (tertiary/aromatic N) is 1. The zero-order chi connectivity index (χ0) is 12.6. The van der Waals surface area contributed by atoms with Crippen molar-refractivity contribution in [1.82, 2.24) is 4.72 Å². The lowest BCUT2D eigenvalue weighted by atomic mass is 10.2. The van der Waals surface area contributed by atoms with E-state index in [1.54, 1.807) is 13.8 Å². The Balaban J connectivity index is 3.98. The minimum absolute atomic E-state index is 0.0572. The summed E-state index contributed by atoms with van der Waals surface area (Å²) in [6, 6.07) is 1.90. The highest BCUT2D eigenvalue weighted by Crippen LogP contribution is 1.95. The van der Waals surface area contributed by atoms with Crippen LogP contribution >= 0.6 is 0 Å². The Labute approximate surface area is 95.6 Å². The van der Waals surface area contributed by atoms with Crippen LogP contribution in [-0.2, 0) is 19.6 Å². The van der Waals surface area contributed by atoms with Gasteiger partial charge in [0, 0.05) is 6.54 Å². The number of ether oxygens (including phenoxy) is 1. The highest BCUT2D eigenvalue weighted by atomic mass is 32.2. The molecule has 7 heteroatoms. The van der Waals surface area contributed by atoms with Crippen molar-refractivity contribution < 1.29 is 17.9 Å². The van der Waals surface area contributed by atoms with Crippen LogP contribution in [0, 0.1) is 17.2 Å². The van der Waals surface area contributed by atoms with Crippen molar-refractivity contribution in [2.45, 2.75) is 20.3 Å². The van der Waals surface area contributed by atoms with Crippen LogP contribution in [0.5, 0.6) is 0 Å². The summed E-state index contributed by atoms with van der Waals surface area (Å²) < 4.78 is 29.5. The van der Waals surface area contributed by atoms with E-state index in [-0.39, 0.29) is 25.3 Å². The van der Waals surface area contributed by atoms with Crippen LogP contribution in [0.4, 0.5) is 0 Å². The highest BCUT2D eigenvalue weighted by Gasteiger charge is 2.14. The van der Waals surface area contributed by atoms with Crippen molar-refractivity contribution in [3.8, 4) is 6.07 Å². The van der Waals surface area contributed by atoms with Crippen molar-refractivity contribution in [3.05, 3.63) is 0 Å². The van der Waals surface area contributed by atoms with Gasteiger partial charge in [-0.3, -0.25) is 4.79 Å². The first kappa shape index (κ1) is 14.9. The molecule has 0 aliphatic carbocycles. The predicted molar refractivity (Wildman–Crippen MR) is 57.8 cm³/mol. The summed E-state index contributed by atoms with van der Waals surface area (Å²) in [5, 5.41) is 8.46. The molecular formula is C9H16N2O4S. The van der Waals surface area contributed by atoms with E-state index in [1.807, 2.05) is 6.07 Å². The van der Waals surface area contributed by atoms with Gasteiger partial charge in [-0.25, -0.2) is 13.1 Å². The quantitative estimate of drug-likeness (QED) is 0.641. The monoisotopic (exact) mass is 248 g/mol. The molecule has 0 saturated carbocycles. The van der Waals surface area contributed by atoms with Crippen LogP contribution in [0.2, 0.25) is 0 Å². The molecule has 0 aliphatic rings. The van der Waals surface area contributed by atoms with E-state index in [2.05, 4.69) is 9.46 Å². The molecule has 0 amide bonds. The number of hydrogen-bond acceptors (Lipinski definition) is 5. The number of carbonyl (C=O) groups is 1. The van der Waals surface area contributed by atoms with E-state index in [1.165, 1.54) is 0 Å². The molecule has 92 valence electrons. The molecule has 1 unspecified atom stereocenters. The maximum atomic E-state index is 11.3. The molecule has 1 N–H and O–H groups in total. The average molecular weight is 248 g/mol. The third-order valence-electron chi connectivity index (χ3n) is 1.71. The Hall–Kier alpha value is -1.13. The second kappa shape index (κ2) is 7.19. The average Bonchev–Trinajstić information content (AvgIpc) is 2.24. The predicted octanol–water partition coefficient (Wildman–Crippen LogP) is 0.0187. The van der Waals surface area contributed by atoms with E-state index >= 15 is 0 Å². The summed E-state index contributed by atoms with van der Waals surface area (Å²) >= 11 is 0. The van der Waals surface area contributed by atoms with E-state index in [0.717, 1.165) is 0 Å². The van der Waals surface area contributed by atoms with E-state index in [9.17, 15) is 13.2 Å². The molecule has 0 rings (SSSR count). The molecule has 0 fully saturated rings. The van der Waals surface area contributed by atoms with Gasteiger partial charge in [0.15, 0.2) is 0 Å². The molecule has 0 bridgehead atoms. The van der Waals surface area contributed by atoms with Gasteiger partial charge in [0.1, 0.15) is 0 Å². The normalized spacial score (nSPS) is 12.8. The third-order valence-corrected chi connectivity index (χ3v) is 3.06. The minimum atomic E-state index is -3.50. The number of nitrogens with one attached hydrogen (secondary N) is 1. The second-order valence-electron chi connectivity index (χ2n) is 3.25. The Kier molecular flexibility index (Phi) is 6.69. The molecule has 0 aromatic rings. The van der Waals surface area contributed by atoms with Crippen molar-refractivity contribution in [3.63, 3.8) is 0 Å². The summed E-state index contributed by atoms with van der Waals surface area (Å²) in [7, 11) is -3.50. The van der Waals surface area contributed by atoms with Crippen LogP contribution < -0.4 is 4.72 Å². The third kappa shape index (κ3) is 7.20. The van der Waals surface area contributed by atoms with Gasteiger partial charge in [-0.15, -0.1) is 0 Å². The molecular weight excluding hydrogens is 232 g/mol. The Bertz CT molecular complexity index is 358. The van der Waals surface area contributed by atoms with Crippen LogP contribution in [-0.4, -0.2) is 33.3 Å². The van der Waals surface area contributed by atoms with E-state index < -0.39 is 21.9 Å². The summed E-state index contributed by atoms with van der Waals surface area (Å²) in [5.41, 5.74) is 0. The van der Waals surface area contributed by atoms with Crippen molar-refractivity contribution >= 4 is 16.0 Å². The first-order valence-electron chi connectivity index (χ1n) is 4.94. The number of esters is 1. The molecule has 0 spiro atoms. The number of carbonyl (C=O) groups excluding carboxylic acids is 1. The van der Waals surface area contributed by atoms with Crippen LogP contribution in [0.25, 0.3) is 0 Å². The number of sulfonamides is 1. The fourth-order valence-electron chi connectivity index (χ4n) is 0.821. The van der Waals surface area contributed by atoms with Gasteiger partial charge in [-0.1, -0.05) is 0 Å². The molecule has 0 aromatic carbocycles. The molecule has 0 radical (unpaired) electrons. The molecule has 0 aromatic heterocycles. The van der Waals surface area contributed by atoms with Crippen LogP contribution in [0.3, 0.4) is 0 Å². The molecule has 0 heterocycles. The molecule has 0 aliphatic heterocycles. The van der Waals surface area contributed by atoms with Crippen LogP contribution in [0.1, 0.15) is 20.3 Å². The highest BCUT2D eigenvalue weighted by molar-refractivity contribution is 7.89. The Morgan fingerprint density at radius 3 is 2.69 bits per heavy atom. The first-order chi connectivity index (χ1) is 7.41. The van der Waals surface area contributed by atoms with Gasteiger partial charge in [0.25, 0.3) is 0 Å².